The number of piperidine rings is 1. The fraction of sp³-hybridized carbons (Fsp3) is 0.750. The van der Waals surface area contributed by atoms with E-state index in [-0.39, 0.29) is 0 Å². The summed E-state index contributed by atoms with van der Waals surface area (Å²) in [4.78, 5) is 2.33. The number of hydrogen-bond donors (Lipinski definition) is 1. The minimum Gasteiger partial charge on any atom is -0.360 e. The maximum atomic E-state index is 5.22. The monoisotopic (exact) mass is 223 g/mol. The summed E-state index contributed by atoms with van der Waals surface area (Å²) in [7, 11) is 2.15. The average Bonchev–Trinajstić information content (AvgIpc) is 2.65. The summed E-state index contributed by atoms with van der Waals surface area (Å²) in [6, 6.07) is 2.01. The number of nitrogens with zero attached hydrogens (tertiary/aromatic N) is 2. The van der Waals surface area contributed by atoms with Crippen molar-refractivity contribution in [2.24, 2.45) is 5.92 Å². The molecule has 0 radical (unpaired) electrons. The van der Waals surface area contributed by atoms with Gasteiger partial charge < -0.3 is 9.84 Å². The van der Waals surface area contributed by atoms with E-state index < -0.39 is 0 Å². The quantitative estimate of drug-likeness (QED) is 0.838. The van der Waals surface area contributed by atoms with Crippen molar-refractivity contribution in [3.05, 3.63) is 17.5 Å². The standard InChI is InChI=1S/C12H21N3O/c1-10-7-12(16-14-10)9-15(2)8-11-3-5-13-6-4-11/h7,11,13H,3-6,8-9H2,1-2H3. The second kappa shape index (κ2) is 5.46. The van der Waals surface area contributed by atoms with Crippen molar-refractivity contribution in [1.82, 2.24) is 15.4 Å². The molecule has 0 atom stereocenters. The molecule has 0 amide bonds. The minimum absolute atomic E-state index is 0.829. The molecule has 16 heavy (non-hydrogen) atoms. The predicted octanol–water partition coefficient (Wildman–Crippen LogP) is 1.41. The van der Waals surface area contributed by atoms with Gasteiger partial charge >= 0.3 is 0 Å². The van der Waals surface area contributed by atoms with Crippen LogP contribution in [0.25, 0.3) is 0 Å². The van der Waals surface area contributed by atoms with Crippen molar-refractivity contribution in [1.29, 1.82) is 0 Å². The van der Waals surface area contributed by atoms with Crippen molar-refractivity contribution >= 4 is 0 Å². The van der Waals surface area contributed by atoms with E-state index >= 15 is 0 Å². The van der Waals surface area contributed by atoms with Crippen molar-refractivity contribution in [2.75, 3.05) is 26.7 Å². The van der Waals surface area contributed by atoms with Crippen LogP contribution in [0.4, 0.5) is 0 Å². The fourth-order valence-electron chi connectivity index (χ4n) is 2.33. The molecule has 0 saturated carbocycles. The molecule has 2 heterocycles. The van der Waals surface area contributed by atoms with Gasteiger partial charge in [-0.15, -0.1) is 0 Å². The summed E-state index contributed by atoms with van der Waals surface area (Å²) in [5, 5.41) is 7.30. The van der Waals surface area contributed by atoms with Crippen LogP contribution in [0.5, 0.6) is 0 Å². The summed E-state index contributed by atoms with van der Waals surface area (Å²) in [6.45, 7) is 6.31. The smallest absolute Gasteiger partial charge is 0.150 e. The van der Waals surface area contributed by atoms with Gasteiger partial charge in [-0.25, -0.2) is 0 Å². The van der Waals surface area contributed by atoms with E-state index in [1.54, 1.807) is 0 Å². The maximum Gasteiger partial charge on any atom is 0.150 e. The molecule has 1 aliphatic heterocycles. The lowest BCUT2D eigenvalue weighted by Gasteiger charge is -2.26. The minimum atomic E-state index is 0.829. The zero-order chi connectivity index (χ0) is 11.4. The molecule has 1 aliphatic rings. The Morgan fingerprint density at radius 2 is 2.25 bits per heavy atom. The Kier molecular flexibility index (Phi) is 3.96. The third kappa shape index (κ3) is 3.32. The molecule has 2 rings (SSSR count). The van der Waals surface area contributed by atoms with Crippen molar-refractivity contribution < 1.29 is 4.52 Å². The highest BCUT2D eigenvalue weighted by atomic mass is 16.5. The molecule has 0 spiro atoms. The molecule has 0 bridgehead atoms. The summed E-state index contributed by atoms with van der Waals surface area (Å²) < 4.78 is 5.22. The first-order valence-electron chi connectivity index (χ1n) is 6.05. The number of aryl methyl sites for hydroxylation is 1. The first-order valence-corrected chi connectivity index (χ1v) is 6.05. The Bertz CT molecular complexity index is 318. The summed E-state index contributed by atoms with van der Waals surface area (Å²) in [5.74, 6) is 1.80. The third-order valence-corrected chi connectivity index (χ3v) is 3.13. The van der Waals surface area contributed by atoms with Gasteiger partial charge in [0, 0.05) is 12.6 Å². The molecule has 1 fully saturated rings. The van der Waals surface area contributed by atoms with Gasteiger partial charge in [0.05, 0.1) is 12.2 Å². The van der Waals surface area contributed by atoms with Crippen LogP contribution >= 0.6 is 0 Å². The van der Waals surface area contributed by atoms with Gasteiger partial charge in [0.15, 0.2) is 5.76 Å². The van der Waals surface area contributed by atoms with Crippen molar-refractivity contribution in [3.63, 3.8) is 0 Å². The zero-order valence-electron chi connectivity index (χ0n) is 10.2. The van der Waals surface area contributed by atoms with E-state index in [0.717, 1.165) is 30.5 Å². The van der Waals surface area contributed by atoms with Crippen LogP contribution in [0.3, 0.4) is 0 Å². The lowest BCUT2D eigenvalue weighted by molar-refractivity contribution is 0.213. The van der Waals surface area contributed by atoms with E-state index in [9.17, 15) is 0 Å². The van der Waals surface area contributed by atoms with Crippen LogP contribution in [0.15, 0.2) is 10.6 Å². The van der Waals surface area contributed by atoms with Gasteiger partial charge in [0.2, 0.25) is 0 Å². The Morgan fingerprint density at radius 1 is 1.50 bits per heavy atom. The van der Waals surface area contributed by atoms with Gasteiger partial charge in [-0.1, -0.05) is 5.16 Å². The topological polar surface area (TPSA) is 41.3 Å². The highest BCUT2D eigenvalue weighted by molar-refractivity contribution is 5.02. The fourth-order valence-corrected chi connectivity index (χ4v) is 2.33. The molecule has 4 heteroatoms. The van der Waals surface area contributed by atoms with Crippen LogP contribution in [-0.4, -0.2) is 36.7 Å². The van der Waals surface area contributed by atoms with Crippen molar-refractivity contribution in [3.8, 4) is 0 Å². The predicted molar refractivity (Wildman–Crippen MR) is 63.2 cm³/mol. The highest BCUT2D eigenvalue weighted by Crippen LogP contribution is 2.14. The Hall–Kier alpha value is -0.870. The van der Waals surface area contributed by atoms with E-state index in [1.807, 2.05) is 13.0 Å². The Balaban J connectivity index is 1.77. The van der Waals surface area contributed by atoms with Crippen molar-refractivity contribution in [2.45, 2.75) is 26.3 Å². The first-order chi connectivity index (χ1) is 7.74. The normalized spacial score (nSPS) is 18.2. The van der Waals surface area contributed by atoms with Gasteiger partial charge in [-0.05, 0) is 45.8 Å². The molecule has 1 saturated heterocycles. The van der Waals surface area contributed by atoms with E-state index in [2.05, 4.69) is 22.4 Å². The van der Waals surface area contributed by atoms with Crippen LogP contribution in [0, 0.1) is 12.8 Å². The molecule has 90 valence electrons. The molecular formula is C12H21N3O. The van der Waals surface area contributed by atoms with Gasteiger partial charge in [0.25, 0.3) is 0 Å². The lowest BCUT2D eigenvalue weighted by Crippen LogP contribution is -2.34. The molecule has 0 aromatic carbocycles. The van der Waals surface area contributed by atoms with Gasteiger partial charge in [-0.2, -0.15) is 0 Å². The summed E-state index contributed by atoms with van der Waals surface area (Å²) >= 11 is 0. The Labute approximate surface area is 97.0 Å². The van der Waals surface area contributed by atoms with E-state index in [4.69, 9.17) is 4.52 Å². The maximum absolute atomic E-state index is 5.22. The summed E-state index contributed by atoms with van der Waals surface area (Å²) in [6.07, 6.45) is 2.58. The average molecular weight is 223 g/mol. The molecule has 1 N–H and O–H groups in total. The zero-order valence-corrected chi connectivity index (χ0v) is 10.2. The van der Waals surface area contributed by atoms with Crippen LogP contribution in [-0.2, 0) is 6.54 Å². The number of aromatic nitrogens is 1. The van der Waals surface area contributed by atoms with Crippen LogP contribution in [0.2, 0.25) is 0 Å². The lowest BCUT2D eigenvalue weighted by atomic mass is 9.98. The number of nitrogens with one attached hydrogen (secondary N) is 1. The van der Waals surface area contributed by atoms with Gasteiger partial charge in [0.1, 0.15) is 0 Å². The molecular weight excluding hydrogens is 202 g/mol. The molecule has 1 aromatic rings. The van der Waals surface area contributed by atoms with Gasteiger partial charge in [-0.3, -0.25) is 4.90 Å². The number of hydrogen-bond acceptors (Lipinski definition) is 4. The first kappa shape index (κ1) is 11.6. The van der Waals surface area contributed by atoms with Crippen LogP contribution < -0.4 is 5.32 Å². The highest BCUT2D eigenvalue weighted by Gasteiger charge is 2.15. The largest absolute Gasteiger partial charge is 0.360 e. The molecule has 0 unspecified atom stereocenters. The second-order valence-corrected chi connectivity index (χ2v) is 4.82. The molecule has 4 nitrogen and oxygen atoms in total. The number of rotatable bonds is 4. The second-order valence-electron chi connectivity index (χ2n) is 4.82. The third-order valence-electron chi connectivity index (χ3n) is 3.13. The van der Waals surface area contributed by atoms with E-state index in [0.29, 0.717) is 0 Å². The SMILES string of the molecule is Cc1cc(CN(C)CC2CCNCC2)on1. The molecule has 0 aliphatic carbocycles. The Morgan fingerprint density at radius 3 is 2.88 bits per heavy atom. The summed E-state index contributed by atoms with van der Waals surface area (Å²) in [5.41, 5.74) is 0.963. The van der Waals surface area contributed by atoms with E-state index in [1.165, 1.54) is 25.9 Å². The van der Waals surface area contributed by atoms with Crippen LogP contribution in [0.1, 0.15) is 24.3 Å². The molecule has 1 aromatic heterocycles.